The SMILES string of the molecule is CCn1ncc(Br)c1C(=O)n1nc(C)cc1C. The standard InChI is InChI=1S/C11H13BrN4O/c1-4-15-10(9(12)6-13-15)11(17)16-8(3)5-7(2)14-16/h5-6H,4H2,1-3H3. The van der Waals surface area contributed by atoms with Gasteiger partial charge in [-0.1, -0.05) is 0 Å². The van der Waals surface area contributed by atoms with Crippen LogP contribution in [-0.4, -0.2) is 25.5 Å². The molecular formula is C11H13BrN4O. The summed E-state index contributed by atoms with van der Waals surface area (Å²) < 4.78 is 3.75. The molecule has 6 heteroatoms. The van der Waals surface area contributed by atoms with Crippen molar-refractivity contribution in [1.82, 2.24) is 19.6 Å². The Balaban J connectivity index is 2.50. The van der Waals surface area contributed by atoms with Crippen LogP contribution in [0.2, 0.25) is 0 Å². The highest BCUT2D eigenvalue weighted by Crippen LogP contribution is 2.18. The molecule has 2 aromatic heterocycles. The van der Waals surface area contributed by atoms with Crippen LogP contribution in [0.3, 0.4) is 0 Å². The molecule has 0 aromatic carbocycles. The van der Waals surface area contributed by atoms with Gasteiger partial charge in [0.25, 0.3) is 5.91 Å². The molecule has 0 saturated carbocycles. The summed E-state index contributed by atoms with van der Waals surface area (Å²) in [5, 5.41) is 8.31. The Morgan fingerprint density at radius 2 is 2.18 bits per heavy atom. The molecule has 0 aliphatic rings. The van der Waals surface area contributed by atoms with E-state index in [1.165, 1.54) is 4.68 Å². The molecule has 0 N–H and O–H groups in total. The fourth-order valence-electron chi connectivity index (χ4n) is 1.75. The van der Waals surface area contributed by atoms with Crippen molar-refractivity contribution in [3.63, 3.8) is 0 Å². The molecule has 0 fully saturated rings. The lowest BCUT2D eigenvalue weighted by molar-refractivity contribution is 0.0931. The highest BCUT2D eigenvalue weighted by molar-refractivity contribution is 9.10. The summed E-state index contributed by atoms with van der Waals surface area (Å²) in [4.78, 5) is 12.4. The largest absolute Gasteiger partial charge is 0.297 e. The predicted octanol–water partition coefficient (Wildman–Crippen LogP) is 2.17. The normalized spacial score (nSPS) is 10.8. The van der Waals surface area contributed by atoms with Gasteiger partial charge in [-0.05, 0) is 42.8 Å². The van der Waals surface area contributed by atoms with Crippen molar-refractivity contribution < 1.29 is 4.79 Å². The van der Waals surface area contributed by atoms with Gasteiger partial charge in [-0.25, -0.2) is 0 Å². The average Bonchev–Trinajstić information content (AvgIpc) is 2.80. The van der Waals surface area contributed by atoms with Crippen LogP contribution in [-0.2, 0) is 6.54 Å². The van der Waals surface area contributed by atoms with Crippen LogP contribution < -0.4 is 0 Å². The zero-order chi connectivity index (χ0) is 12.6. The van der Waals surface area contributed by atoms with E-state index in [-0.39, 0.29) is 5.91 Å². The number of nitrogens with zero attached hydrogens (tertiary/aromatic N) is 4. The lowest BCUT2D eigenvalue weighted by Crippen LogP contribution is -2.20. The molecular weight excluding hydrogens is 284 g/mol. The van der Waals surface area contributed by atoms with Gasteiger partial charge in [0.1, 0.15) is 5.69 Å². The molecule has 2 heterocycles. The first kappa shape index (κ1) is 12.0. The molecule has 0 unspecified atom stereocenters. The van der Waals surface area contributed by atoms with Crippen LogP contribution in [0.15, 0.2) is 16.7 Å². The second-order valence-electron chi connectivity index (χ2n) is 3.80. The van der Waals surface area contributed by atoms with E-state index in [9.17, 15) is 4.79 Å². The summed E-state index contributed by atoms with van der Waals surface area (Å²) in [5.74, 6) is -0.165. The Morgan fingerprint density at radius 3 is 2.71 bits per heavy atom. The summed E-state index contributed by atoms with van der Waals surface area (Å²) in [6.45, 7) is 6.31. The second kappa shape index (κ2) is 4.44. The molecule has 2 rings (SSSR count). The third-order valence-electron chi connectivity index (χ3n) is 2.50. The summed E-state index contributed by atoms with van der Waals surface area (Å²) in [6, 6.07) is 1.87. The average molecular weight is 297 g/mol. The second-order valence-corrected chi connectivity index (χ2v) is 4.66. The van der Waals surface area contributed by atoms with Crippen molar-refractivity contribution in [3.8, 4) is 0 Å². The Bertz CT molecular complexity index is 570. The van der Waals surface area contributed by atoms with Crippen molar-refractivity contribution in [1.29, 1.82) is 0 Å². The fourth-order valence-corrected chi connectivity index (χ4v) is 2.22. The van der Waals surface area contributed by atoms with Gasteiger partial charge >= 0.3 is 0 Å². The smallest absolute Gasteiger partial charge is 0.265 e. The number of carbonyl (C=O) groups is 1. The molecule has 17 heavy (non-hydrogen) atoms. The highest BCUT2D eigenvalue weighted by atomic mass is 79.9. The summed E-state index contributed by atoms with van der Waals surface area (Å²) in [7, 11) is 0. The van der Waals surface area contributed by atoms with Crippen LogP contribution in [0.1, 0.15) is 28.8 Å². The first-order valence-corrected chi connectivity index (χ1v) is 6.13. The van der Waals surface area contributed by atoms with Crippen LogP contribution in [0.4, 0.5) is 0 Å². The highest BCUT2D eigenvalue weighted by Gasteiger charge is 2.20. The van der Waals surface area contributed by atoms with Crippen molar-refractivity contribution in [2.75, 3.05) is 0 Å². The molecule has 0 saturated heterocycles. The van der Waals surface area contributed by atoms with Gasteiger partial charge in [0, 0.05) is 12.2 Å². The number of rotatable bonds is 2. The third-order valence-corrected chi connectivity index (χ3v) is 3.08. The van der Waals surface area contributed by atoms with Crippen molar-refractivity contribution >= 4 is 21.8 Å². The Kier molecular flexibility index (Phi) is 3.15. The topological polar surface area (TPSA) is 52.7 Å². The maximum Gasteiger partial charge on any atom is 0.297 e. The van der Waals surface area contributed by atoms with Gasteiger partial charge in [-0.15, -0.1) is 0 Å². The molecule has 0 amide bonds. The number of carbonyl (C=O) groups excluding carboxylic acids is 1. The number of hydrogen-bond donors (Lipinski definition) is 0. The van der Waals surface area contributed by atoms with Gasteiger partial charge in [0.2, 0.25) is 0 Å². The Hall–Kier alpha value is -1.43. The van der Waals surface area contributed by atoms with Crippen molar-refractivity contribution in [2.45, 2.75) is 27.3 Å². The minimum atomic E-state index is -0.165. The minimum absolute atomic E-state index is 0.165. The molecule has 0 aliphatic carbocycles. The van der Waals surface area contributed by atoms with Crippen molar-refractivity contribution in [3.05, 3.63) is 33.8 Å². The third kappa shape index (κ3) is 2.04. The zero-order valence-electron chi connectivity index (χ0n) is 9.94. The zero-order valence-corrected chi connectivity index (χ0v) is 11.5. The molecule has 0 spiro atoms. The van der Waals surface area contributed by atoms with E-state index in [4.69, 9.17) is 0 Å². The summed E-state index contributed by atoms with van der Waals surface area (Å²) >= 11 is 3.34. The van der Waals surface area contributed by atoms with E-state index in [2.05, 4.69) is 26.1 Å². The van der Waals surface area contributed by atoms with E-state index in [0.717, 1.165) is 11.4 Å². The van der Waals surface area contributed by atoms with Gasteiger partial charge in [-0.3, -0.25) is 9.48 Å². The Morgan fingerprint density at radius 1 is 1.47 bits per heavy atom. The maximum absolute atomic E-state index is 12.4. The molecule has 2 aromatic rings. The number of aromatic nitrogens is 4. The molecule has 0 aliphatic heterocycles. The first-order valence-electron chi connectivity index (χ1n) is 5.34. The number of aryl methyl sites for hydroxylation is 3. The van der Waals surface area contributed by atoms with Crippen LogP contribution in [0.25, 0.3) is 0 Å². The molecule has 0 bridgehead atoms. The maximum atomic E-state index is 12.4. The van der Waals surface area contributed by atoms with E-state index < -0.39 is 0 Å². The van der Waals surface area contributed by atoms with Crippen LogP contribution in [0, 0.1) is 13.8 Å². The van der Waals surface area contributed by atoms with E-state index in [0.29, 0.717) is 16.7 Å². The van der Waals surface area contributed by atoms with Crippen LogP contribution >= 0.6 is 15.9 Å². The number of hydrogen-bond acceptors (Lipinski definition) is 3. The summed E-state index contributed by atoms with van der Waals surface area (Å²) in [6.07, 6.45) is 1.63. The predicted molar refractivity (Wildman–Crippen MR) is 67.0 cm³/mol. The van der Waals surface area contributed by atoms with Crippen LogP contribution in [0.5, 0.6) is 0 Å². The van der Waals surface area contributed by atoms with Gasteiger partial charge < -0.3 is 0 Å². The monoisotopic (exact) mass is 296 g/mol. The van der Waals surface area contributed by atoms with Gasteiger partial charge in [0.05, 0.1) is 16.4 Å². The molecule has 0 radical (unpaired) electrons. The fraction of sp³-hybridized carbons (Fsp3) is 0.364. The van der Waals surface area contributed by atoms with Gasteiger partial charge in [0.15, 0.2) is 0 Å². The van der Waals surface area contributed by atoms with E-state index >= 15 is 0 Å². The van der Waals surface area contributed by atoms with Gasteiger partial charge in [-0.2, -0.15) is 14.9 Å². The lowest BCUT2D eigenvalue weighted by Gasteiger charge is -2.05. The van der Waals surface area contributed by atoms with E-state index in [1.807, 2.05) is 26.8 Å². The first-order chi connectivity index (χ1) is 8.04. The van der Waals surface area contributed by atoms with E-state index in [1.54, 1.807) is 10.9 Å². The molecule has 5 nitrogen and oxygen atoms in total. The van der Waals surface area contributed by atoms with Crippen molar-refractivity contribution in [2.24, 2.45) is 0 Å². The summed E-state index contributed by atoms with van der Waals surface area (Å²) in [5.41, 5.74) is 2.18. The number of halogens is 1. The lowest BCUT2D eigenvalue weighted by atomic mass is 10.3. The quantitative estimate of drug-likeness (QED) is 0.853. The Labute approximate surface area is 108 Å². The molecule has 0 atom stereocenters. The molecule has 90 valence electrons. The minimum Gasteiger partial charge on any atom is -0.265 e.